The first-order valence-corrected chi connectivity index (χ1v) is 26.7. The largest absolute Gasteiger partial charge is 0.509 e. The van der Waals surface area contributed by atoms with Crippen molar-refractivity contribution in [1.29, 1.82) is 0 Å². The number of anilines is 4. The van der Waals surface area contributed by atoms with Gasteiger partial charge in [-0.25, -0.2) is 4.98 Å². The van der Waals surface area contributed by atoms with Crippen LogP contribution in [0.5, 0.6) is 11.5 Å². The molecule has 12 rings (SSSR count). The van der Waals surface area contributed by atoms with Gasteiger partial charge in [-0.1, -0.05) is 167 Å². The van der Waals surface area contributed by atoms with Crippen molar-refractivity contribution < 1.29 is 25.8 Å². The topological polar surface area (TPSA) is 38.5 Å². The van der Waals surface area contributed by atoms with Crippen LogP contribution in [-0.2, 0) is 42.7 Å². The minimum atomic E-state index is -0.0754. The zero-order chi connectivity index (χ0) is 53.1. The van der Waals surface area contributed by atoms with E-state index >= 15 is 0 Å². The standard InChI is InChI=1S/C70H66N5O.Pt/c1-67(2,3)46-21-17-20-45(36-46)55-26-19-29-63-66(55)73(52-38-48(69(7,8)9)37-49(39-52)70(10,11)12)44-72(63)50-22-18-23-53(41-50)76-54-31-32-58-59-42-51(74-60-27-15-13-24-56(60)57-25-14-16-28-61(57)74)30-33-62(59)75(64(58)43-54)65-40-47(34-35-71-65)68(4,5)6;/h13-40,42,44H,1-12H3;/q-3;. The van der Waals surface area contributed by atoms with Gasteiger partial charge in [-0.15, -0.1) is 48.1 Å². The molecule has 6 nitrogen and oxygen atoms in total. The molecule has 0 saturated carbocycles. The molecule has 1 aliphatic heterocycles. The van der Waals surface area contributed by atoms with Gasteiger partial charge in [0, 0.05) is 83.4 Å². The van der Waals surface area contributed by atoms with Crippen molar-refractivity contribution in [2.24, 2.45) is 0 Å². The van der Waals surface area contributed by atoms with Gasteiger partial charge in [-0.3, -0.25) is 0 Å². The quantitative estimate of drug-likeness (QED) is 0.149. The first-order chi connectivity index (χ1) is 36.2. The molecule has 8 aromatic carbocycles. The maximum Gasteiger partial charge on any atom is 0.135 e. The van der Waals surface area contributed by atoms with Gasteiger partial charge in [0.25, 0.3) is 0 Å². The number of nitrogens with zero attached hydrogens (tertiary/aromatic N) is 5. The minimum Gasteiger partial charge on any atom is -0.509 e. The fourth-order valence-electron chi connectivity index (χ4n) is 10.9. The van der Waals surface area contributed by atoms with Gasteiger partial charge < -0.3 is 23.7 Å². The molecule has 0 radical (unpaired) electrons. The van der Waals surface area contributed by atoms with Crippen molar-refractivity contribution >= 4 is 66.4 Å². The number of rotatable bonds is 7. The van der Waals surface area contributed by atoms with Crippen LogP contribution in [-0.4, -0.2) is 14.1 Å². The monoisotopic (exact) mass is 1190 g/mol. The zero-order valence-corrected chi connectivity index (χ0v) is 48.6. The van der Waals surface area contributed by atoms with Gasteiger partial charge in [0.15, 0.2) is 0 Å². The smallest absolute Gasteiger partial charge is 0.135 e. The molecule has 0 fully saturated rings. The van der Waals surface area contributed by atoms with E-state index in [2.05, 4.69) is 279 Å². The van der Waals surface area contributed by atoms with Crippen LogP contribution in [0.2, 0.25) is 0 Å². The van der Waals surface area contributed by atoms with Crippen LogP contribution in [0.3, 0.4) is 0 Å². The van der Waals surface area contributed by atoms with Crippen LogP contribution in [0.15, 0.2) is 176 Å². The molecule has 0 amide bonds. The second-order valence-corrected chi connectivity index (χ2v) is 24.8. The van der Waals surface area contributed by atoms with E-state index in [1.165, 1.54) is 49.6 Å². The number of ether oxygens (including phenoxy) is 1. The SMILES string of the molecule is CC(C)(C)c1cccc(-c2cccc3c2N(c2cc(C(C)(C)C)cc(C(C)(C)C)c2)[CH-]N3c2[c-]c(Oc3[c-]c4c(cc3)c3cc(-n5c6ccccc6c6ccccc65)ccc3n4-c3cc(C(C)(C)C)ccn3)ccc2)c1.[Pt]. The van der Waals surface area contributed by atoms with Crippen LogP contribution >= 0.6 is 0 Å². The van der Waals surface area contributed by atoms with E-state index in [0.29, 0.717) is 11.5 Å². The summed E-state index contributed by atoms with van der Waals surface area (Å²) in [4.78, 5) is 9.66. The van der Waals surface area contributed by atoms with Crippen LogP contribution in [0, 0.1) is 18.8 Å². The molecule has 0 spiro atoms. The summed E-state index contributed by atoms with van der Waals surface area (Å²) < 4.78 is 11.5. The van der Waals surface area contributed by atoms with Crippen LogP contribution in [0.1, 0.15) is 105 Å². The van der Waals surface area contributed by atoms with E-state index in [-0.39, 0.29) is 42.7 Å². The van der Waals surface area contributed by atoms with Crippen LogP contribution < -0.4 is 14.5 Å². The second-order valence-electron chi connectivity index (χ2n) is 24.8. The molecule has 4 heterocycles. The maximum atomic E-state index is 6.87. The molecule has 77 heavy (non-hydrogen) atoms. The first-order valence-electron chi connectivity index (χ1n) is 26.7. The molecule has 0 unspecified atom stereocenters. The first kappa shape index (κ1) is 51.7. The van der Waals surface area contributed by atoms with Gasteiger partial charge in [-0.05, 0) is 116 Å². The van der Waals surface area contributed by atoms with Crippen molar-refractivity contribution in [3.63, 3.8) is 0 Å². The van der Waals surface area contributed by atoms with Gasteiger partial charge in [0.1, 0.15) is 5.82 Å². The van der Waals surface area contributed by atoms with E-state index in [1.54, 1.807) is 0 Å². The summed E-state index contributed by atoms with van der Waals surface area (Å²) in [6.45, 7) is 29.6. The van der Waals surface area contributed by atoms with Crippen molar-refractivity contribution in [3.8, 4) is 34.1 Å². The maximum absolute atomic E-state index is 6.87. The van der Waals surface area contributed by atoms with E-state index in [1.807, 2.05) is 18.3 Å². The summed E-state index contributed by atoms with van der Waals surface area (Å²) in [5.41, 5.74) is 16.8. The normalized spacial score (nSPS) is 13.2. The third-order valence-corrected chi connectivity index (χ3v) is 15.3. The Hall–Kier alpha value is -7.40. The molecule has 0 N–H and O–H groups in total. The third kappa shape index (κ3) is 9.33. The average Bonchev–Trinajstić information content (AvgIpc) is 4.11. The second kappa shape index (κ2) is 19.0. The Kier molecular flexibility index (Phi) is 12.7. The molecule has 0 atom stereocenters. The molecule has 1 aliphatic rings. The van der Waals surface area contributed by atoms with Gasteiger partial charge in [0.2, 0.25) is 0 Å². The number of benzene rings is 8. The summed E-state index contributed by atoms with van der Waals surface area (Å²) in [6.07, 6.45) is 1.92. The predicted molar refractivity (Wildman–Crippen MR) is 319 cm³/mol. The summed E-state index contributed by atoms with van der Waals surface area (Å²) in [6, 6.07) is 69.1. The van der Waals surface area contributed by atoms with Gasteiger partial charge in [-0.2, -0.15) is 12.1 Å². The average molecular weight is 1190 g/mol. The molecule has 390 valence electrons. The number of hydrogen-bond donors (Lipinski definition) is 0. The van der Waals surface area contributed by atoms with Crippen molar-refractivity contribution in [2.45, 2.75) is 105 Å². The Morgan fingerprint density at radius 1 is 0.442 bits per heavy atom. The molecule has 7 heteroatoms. The molecule has 0 aliphatic carbocycles. The molecule has 0 saturated heterocycles. The number of aromatic nitrogens is 3. The summed E-state index contributed by atoms with van der Waals surface area (Å²) in [5.74, 6) is 2.00. The van der Waals surface area contributed by atoms with Gasteiger partial charge in [0.05, 0.1) is 11.0 Å². The number of hydrogen-bond acceptors (Lipinski definition) is 4. The molecule has 3 aromatic heterocycles. The summed E-state index contributed by atoms with van der Waals surface area (Å²) >= 11 is 0. The Morgan fingerprint density at radius 3 is 1.73 bits per heavy atom. The van der Waals surface area contributed by atoms with Crippen molar-refractivity contribution in [1.82, 2.24) is 14.1 Å². The number of fused-ring (bicyclic) bond motifs is 7. The van der Waals surface area contributed by atoms with E-state index in [9.17, 15) is 0 Å². The van der Waals surface area contributed by atoms with Crippen molar-refractivity contribution in [2.75, 3.05) is 9.80 Å². The number of pyridine rings is 1. The molecular weight excluding hydrogens is 1120 g/mol. The van der Waals surface area contributed by atoms with E-state index in [4.69, 9.17) is 9.72 Å². The number of para-hydroxylation sites is 3. The summed E-state index contributed by atoms with van der Waals surface area (Å²) in [5, 5.41) is 4.63. The van der Waals surface area contributed by atoms with E-state index < -0.39 is 0 Å². The minimum absolute atomic E-state index is 0. The summed E-state index contributed by atoms with van der Waals surface area (Å²) in [7, 11) is 0. The Labute approximate surface area is 469 Å². The Bertz CT molecular complexity index is 3990. The predicted octanol–water partition coefficient (Wildman–Crippen LogP) is 18.9. The Balaban J connectivity index is 0.00000631. The van der Waals surface area contributed by atoms with Crippen LogP contribution in [0.25, 0.3) is 66.2 Å². The molecule has 0 bridgehead atoms. The fourth-order valence-corrected chi connectivity index (χ4v) is 10.9. The molecule has 11 aromatic rings. The van der Waals surface area contributed by atoms with Crippen LogP contribution in [0.4, 0.5) is 22.7 Å². The zero-order valence-electron chi connectivity index (χ0n) is 46.3. The van der Waals surface area contributed by atoms with Crippen molar-refractivity contribution in [3.05, 3.63) is 217 Å². The fraction of sp³-hybridized carbons (Fsp3) is 0.229. The Morgan fingerprint density at radius 2 is 1.05 bits per heavy atom. The van der Waals surface area contributed by atoms with Gasteiger partial charge >= 0.3 is 0 Å². The van der Waals surface area contributed by atoms with E-state index in [0.717, 1.165) is 61.6 Å². The third-order valence-electron chi connectivity index (χ3n) is 15.3. The molecular formula is C70H66N5OPt-3.